The van der Waals surface area contributed by atoms with Gasteiger partial charge in [0.25, 0.3) is 0 Å². The SMILES string of the molecule is CC[C@@H](C(=O)NCC(C)C)N(Cc1ccc(Cl)cc1)C(=O)CN(c1cc(C)ccc1C)S(=O)(=O)N(C)C. The van der Waals surface area contributed by atoms with Gasteiger partial charge < -0.3 is 10.2 Å². The molecule has 204 valence electrons. The van der Waals surface area contributed by atoms with Gasteiger partial charge in [0.1, 0.15) is 12.6 Å². The Balaban J connectivity index is 2.53. The number of aryl methyl sites for hydroxylation is 2. The van der Waals surface area contributed by atoms with Crippen molar-refractivity contribution in [3.63, 3.8) is 0 Å². The summed E-state index contributed by atoms with van der Waals surface area (Å²) in [6.07, 6.45) is 0.368. The zero-order chi connectivity index (χ0) is 27.9. The molecule has 0 fully saturated rings. The van der Waals surface area contributed by atoms with Crippen LogP contribution in [-0.2, 0) is 26.3 Å². The van der Waals surface area contributed by atoms with E-state index < -0.39 is 28.7 Å². The Morgan fingerprint density at radius 2 is 1.65 bits per heavy atom. The van der Waals surface area contributed by atoms with Crippen LogP contribution in [0, 0.1) is 19.8 Å². The predicted octanol–water partition coefficient (Wildman–Crippen LogP) is 4.15. The van der Waals surface area contributed by atoms with E-state index in [-0.39, 0.29) is 18.4 Å². The maximum atomic E-state index is 13.9. The Morgan fingerprint density at radius 1 is 1.03 bits per heavy atom. The molecule has 2 aromatic rings. The average molecular weight is 551 g/mol. The first kappa shape index (κ1) is 30.6. The summed E-state index contributed by atoms with van der Waals surface area (Å²) in [4.78, 5) is 28.5. The summed E-state index contributed by atoms with van der Waals surface area (Å²) >= 11 is 6.04. The molecule has 0 saturated carbocycles. The number of hydrogen-bond donors (Lipinski definition) is 1. The van der Waals surface area contributed by atoms with Gasteiger partial charge in [0.15, 0.2) is 0 Å². The summed E-state index contributed by atoms with van der Waals surface area (Å²) in [6, 6.07) is 11.7. The zero-order valence-corrected chi connectivity index (χ0v) is 24.4. The molecule has 0 unspecified atom stereocenters. The Morgan fingerprint density at radius 3 is 2.19 bits per heavy atom. The van der Waals surface area contributed by atoms with E-state index in [1.807, 2.05) is 39.8 Å². The molecule has 0 aliphatic rings. The van der Waals surface area contributed by atoms with Crippen LogP contribution in [0.2, 0.25) is 5.02 Å². The summed E-state index contributed by atoms with van der Waals surface area (Å²) in [7, 11) is -1.15. The van der Waals surface area contributed by atoms with Crippen LogP contribution in [0.5, 0.6) is 0 Å². The van der Waals surface area contributed by atoms with Crippen LogP contribution in [0.1, 0.15) is 43.9 Å². The fourth-order valence-corrected chi connectivity index (χ4v) is 5.06. The van der Waals surface area contributed by atoms with Crippen molar-refractivity contribution in [3.05, 3.63) is 64.2 Å². The minimum absolute atomic E-state index is 0.131. The molecule has 0 radical (unpaired) electrons. The molecule has 0 bridgehead atoms. The quantitative estimate of drug-likeness (QED) is 0.430. The monoisotopic (exact) mass is 550 g/mol. The van der Waals surface area contributed by atoms with Gasteiger partial charge in [0.2, 0.25) is 11.8 Å². The van der Waals surface area contributed by atoms with Crippen LogP contribution in [0.15, 0.2) is 42.5 Å². The molecule has 0 saturated heterocycles. The van der Waals surface area contributed by atoms with Crippen LogP contribution in [0.25, 0.3) is 0 Å². The van der Waals surface area contributed by atoms with Crippen LogP contribution >= 0.6 is 11.6 Å². The molecule has 37 heavy (non-hydrogen) atoms. The highest BCUT2D eigenvalue weighted by molar-refractivity contribution is 7.90. The van der Waals surface area contributed by atoms with Gasteiger partial charge in [0, 0.05) is 32.2 Å². The Bertz CT molecular complexity index is 1180. The van der Waals surface area contributed by atoms with E-state index in [0.717, 1.165) is 25.3 Å². The lowest BCUT2D eigenvalue weighted by molar-refractivity contribution is -0.140. The normalized spacial score (nSPS) is 12.5. The summed E-state index contributed by atoms with van der Waals surface area (Å²) in [5.41, 5.74) is 2.78. The van der Waals surface area contributed by atoms with Crippen LogP contribution < -0.4 is 9.62 Å². The third kappa shape index (κ3) is 8.18. The van der Waals surface area contributed by atoms with Gasteiger partial charge in [-0.15, -0.1) is 0 Å². The van der Waals surface area contributed by atoms with Crippen molar-refractivity contribution in [2.45, 2.75) is 53.6 Å². The fourth-order valence-electron chi connectivity index (χ4n) is 3.82. The summed E-state index contributed by atoms with van der Waals surface area (Å²) in [5.74, 6) is -0.507. The third-order valence-corrected chi connectivity index (χ3v) is 8.05. The zero-order valence-electron chi connectivity index (χ0n) is 22.8. The molecule has 0 aromatic heterocycles. The molecule has 0 spiro atoms. The summed E-state index contributed by atoms with van der Waals surface area (Å²) in [5, 5.41) is 3.48. The van der Waals surface area contributed by atoms with Crippen molar-refractivity contribution < 1.29 is 18.0 Å². The maximum Gasteiger partial charge on any atom is 0.304 e. The third-order valence-electron chi connectivity index (χ3n) is 5.99. The molecule has 2 amide bonds. The van der Waals surface area contributed by atoms with Crippen molar-refractivity contribution in [3.8, 4) is 0 Å². The van der Waals surface area contributed by atoms with E-state index in [9.17, 15) is 18.0 Å². The summed E-state index contributed by atoms with van der Waals surface area (Å²) in [6.45, 7) is 9.64. The molecule has 0 aliphatic carbocycles. The van der Waals surface area contributed by atoms with Crippen molar-refractivity contribution in [2.24, 2.45) is 5.92 Å². The summed E-state index contributed by atoms with van der Waals surface area (Å²) < 4.78 is 29.0. The van der Waals surface area contributed by atoms with E-state index in [1.54, 1.807) is 37.3 Å². The first-order chi connectivity index (χ1) is 17.3. The molecule has 10 heteroatoms. The van der Waals surface area contributed by atoms with E-state index in [0.29, 0.717) is 23.7 Å². The molecular weight excluding hydrogens is 512 g/mol. The Hall–Kier alpha value is -2.62. The molecule has 2 aromatic carbocycles. The maximum absolute atomic E-state index is 13.9. The van der Waals surface area contributed by atoms with Gasteiger partial charge in [-0.2, -0.15) is 12.7 Å². The van der Waals surface area contributed by atoms with Crippen molar-refractivity contribution in [1.29, 1.82) is 0 Å². The number of anilines is 1. The second-order valence-electron chi connectivity index (χ2n) is 9.80. The number of nitrogens with one attached hydrogen (secondary N) is 1. The molecule has 1 atom stereocenters. The van der Waals surface area contributed by atoms with E-state index >= 15 is 0 Å². The van der Waals surface area contributed by atoms with Gasteiger partial charge in [-0.3, -0.25) is 9.59 Å². The highest BCUT2D eigenvalue weighted by Crippen LogP contribution is 2.26. The smallest absolute Gasteiger partial charge is 0.304 e. The first-order valence-corrected chi connectivity index (χ1v) is 14.1. The van der Waals surface area contributed by atoms with Gasteiger partial charge in [-0.1, -0.05) is 56.6 Å². The van der Waals surface area contributed by atoms with Gasteiger partial charge in [-0.05, 0) is 61.1 Å². The number of nitrogens with zero attached hydrogens (tertiary/aromatic N) is 3. The van der Waals surface area contributed by atoms with Gasteiger partial charge in [-0.25, -0.2) is 4.31 Å². The number of amides is 2. The lowest BCUT2D eigenvalue weighted by atomic mass is 10.1. The number of rotatable bonds is 12. The molecule has 8 nitrogen and oxygen atoms in total. The fraction of sp³-hybridized carbons (Fsp3) is 0.481. The highest BCUT2D eigenvalue weighted by atomic mass is 35.5. The Kier molecular flexibility index (Phi) is 11.0. The van der Waals surface area contributed by atoms with Crippen molar-refractivity contribution in [1.82, 2.24) is 14.5 Å². The number of hydrogen-bond acceptors (Lipinski definition) is 4. The highest BCUT2D eigenvalue weighted by Gasteiger charge is 2.34. The Labute approximate surface area is 226 Å². The number of carbonyl (C=O) groups is 2. The number of halogens is 1. The van der Waals surface area contributed by atoms with E-state index in [2.05, 4.69) is 5.32 Å². The minimum atomic E-state index is -4.01. The predicted molar refractivity (Wildman–Crippen MR) is 150 cm³/mol. The van der Waals surface area contributed by atoms with Crippen molar-refractivity contribution >= 4 is 39.3 Å². The second-order valence-corrected chi connectivity index (χ2v) is 12.3. The molecule has 0 aliphatic heterocycles. The largest absolute Gasteiger partial charge is 0.354 e. The average Bonchev–Trinajstić information content (AvgIpc) is 2.83. The first-order valence-electron chi connectivity index (χ1n) is 12.4. The standard InChI is InChI=1S/C27H39ClN4O4S/c1-8-24(27(34)29-16-19(2)3)31(17-22-11-13-23(28)14-12-22)26(33)18-32(37(35,36)30(6)7)25-15-20(4)9-10-21(25)5/h9-15,19,24H,8,16-18H2,1-7H3,(H,29,34)/t24-/m0/s1. The lowest BCUT2D eigenvalue weighted by Gasteiger charge is -2.34. The van der Waals surface area contributed by atoms with Crippen LogP contribution in [0.4, 0.5) is 5.69 Å². The van der Waals surface area contributed by atoms with Gasteiger partial charge in [0.05, 0.1) is 5.69 Å². The molecule has 0 heterocycles. The van der Waals surface area contributed by atoms with Gasteiger partial charge >= 0.3 is 10.2 Å². The molecule has 1 N–H and O–H groups in total. The minimum Gasteiger partial charge on any atom is -0.354 e. The van der Waals surface area contributed by atoms with Crippen molar-refractivity contribution in [2.75, 3.05) is 31.5 Å². The van der Waals surface area contributed by atoms with Crippen LogP contribution in [-0.4, -0.2) is 62.7 Å². The van der Waals surface area contributed by atoms with E-state index in [4.69, 9.17) is 11.6 Å². The molecule has 2 rings (SSSR count). The number of carbonyl (C=O) groups excluding carboxylic acids is 2. The second kappa shape index (κ2) is 13.3. The molecular formula is C27H39ClN4O4S. The van der Waals surface area contributed by atoms with E-state index in [1.165, 1.54) is 19.0 Å². The topological polar surface area (TPSA) is 90.0 Å². The van der Waals surface area contributed by atoms with Crippen LogP contribution in [0.3, 0.4) is 0 Å². The number of benzene rings is 2. The lowest BCUT2D eigenvalue weighted by Crippen LogP contribution is -2.53.